The van der Waals surface area contributed by atoms with E-state index in [-0.39, 0.29) is 5.91 Å². The Morgan fingerprint density at radius 1 is 1.53 bits per heavy atom. The molecule has 1 fully saturated rings. The van der Waals surface area contributed by atoms with Crippen molar-refractivity contribution in [2.75, 3.05) is 0 Å². The Kier molecular flexibility index (Phi) is 4.60. The zero-order chi connectivity index (χ0) is 13.7. The zero-order valence-corrected chi connectivity index (χ0v) is 12.2. The molecule has 0 unspecified atom stereocenters. The molecule has 1 aliphatic carbocycles. The van der Waals surface area contributed by atoms with Crippen LogP contribution in [0.3, 0.4) is 0 Å². The first-order valence-electron chi connectivity index (χ1n) is 6.83. The summed E-state index contributed by atoms with van der Waals surface area (Å²) < 4.78 is 0. The van der Waals surface area contributed by atoms with Crippen LogP contribution in [0.15, 0.2) is 5.51 Å². The number of hydrogen-bond donors (Lipinski definition) is 1. The largest absolute Gasteiger partial charge is 0.340 e. The second kappa shape index (κ2) is 6.21. The van der Waals surface area contributed by atoms with Gasteiger partial charge in [-0.15, -0.1) is 17.8 Å². The van der Waals surface area contributed by atoms with Crippen LogP contribution in [0.25, 0.3) is 0 Å². The summed E-state index contributed by atoms with van der Waals surface area (Å²) >= 11 is 1.61. The van der Waals surface area contributed by atoms with Crippen molar-refractivity contribution in [2.45, 2.75) is 57.4 Å². The van der Waals surface area contributed by atoms with Crippen LogP contribution in [0.5, 0.6) is 0 Å². The first-order chi connectivity index (χ1) is 9.15. The lowest BCUT2D eigenvalue weighted by Crippen LogP contribution is -2.48. The summed E-state index contributed by atoms with van der Waals surface area (Å²) in [5.41, 5.74) is 2.46. The lowest BCUT2D eigenvalue weighted by molar-refractivity contribution is -0.122. The molecule has 1 N–H and O–H groups in total. The molecule has 2 rings (SSSR count). The van der Waals surface area contributed by atoms with Gasteiger partial charge in [-0.05, 0) is 26.2 Å². The molecule has 4 heteroatoms. The molecule has 1 saturated carbocycles. The number of aryl methyl sites for hydroxylation is 2. The highest BCUT2D eigenvalue weighted by Gasteiger charge is 2.31. The van der Waals surface area contributed by atoms with Gasteiger partial charge in [0.1, 0.15) is 5.54 Å². The van der Waals surface area contributed by atoms with Crippen molar-refractivity contribution in [3.8, 4) is 12.3 Å². The molecule has 0 radical (unpaired) electrons. The van der Waals surface area contributed by atoms with Crippen molar-refractivity contribution in [3.05, 3.63) is 16.1 Å². The van der Waals surface area contributed by atoms with Gasteiger partial charge < -0.3 is 5.32 Å². The number of hydrogen-bond acceptors (Lipinski definition) is 3. The highest BCUT2D eigenvalue weighted by atomic mass is 32.1. The number of amides is 1. The number of nitrogens with zero attached hydrogens (tertiary/aromatic N) is 1. The third kappa shape index (κ3) is 3.57. The highest BCUT2D eigenvalue weighted by Crippen LogP contribution is 2.27. The second-order valence-corrected chi connectivity index (χ2v) is 6.14. The van der Waals surface area contributed by atoms with Gasteiger partial charge in [-0.25, -0.2) is 4.98 Å². The summed E-state index contributed by atoms with van der Waals surface area (Å²) in [6, 6.07) is 0. The van der Waals surface area contributed by atoms with Crippen LogP contribution in [0.2, 0.25) is 0 Å². The molecule has 3 nitrogen and oxygen atoms in total. The molecule has 0 aromatic carbocycles. The summed E-state index contributed by atoms with van der Waals surface area (Å²) in [6.07, 6.45) is 12.1. The molecule has 0 spiro atoms. The predicted molar refractivity (Wildman–Crippen MR) is 78.0 cm³/mol. The summed E-state index contributed by atoms with van der Waals surface area (Å²) in [5, 5.41) is 3.07. The van der Waals surface area contributed by atoms with E-state index in [9.17, 15) is 4.79 Å². The molecule has 0 bridgehead atoms. The van der Waals surface area contributed by atoms with E-state index in [0.29, 0.717) is 6.42 Å². The monoisotopic (exact) mass is 276 g/mol. The van der Waals surface area contributed by atoms with Gasteiger partial charge in [-0.2, -0.15) is 0 Å². The molecule has 102 valence electrons. The molecular formula is C15H20N2OS. The van der Waals surface area contributed by atoms with Gasteiger partial charge in [0, 0.05) is 11.3 Å². The number of carbonyl (C=O) groups is 1. The van der Waals surface area contributed by atoms with Crippen LogP contribution >= 0.6 is 11.3 Å². The molecular weight excluding hydrogens is 256 g/mol. The van der Waals surface area contributed by atoms with Crippen LogP contribution in [0.1, 0.15) is 49.1 Å². The van der Waals surface area contributed by atoms with Crippen LogP contribution in [0.4, 0.5) is 0 Å². The lowest BCUT2D eigenvalue weighted by Gasteiger charge is -2.33. The maximum atomic E-state index is 12.1. The van der Waals surface area contributed by atoms with E-state index in [1.165, 1.54) is 11.3 Å². The number of aromatic nitrogens is 1. The first kappa shape index (κ1) is 14.1. The van der Waals surface area contributed by atoms with E-state index in [2.05, 4.69) is 16.2 Å². The molecule has 1 amide bonds. The van der Waals surface area contributed by atoms with Gasteiger partial charge in [0.2, 0.25) is 5.91 Å². The molecule has 1 aliphatic rings. The Morgan fingerprint density at radius 2 is 2.26 bits per heavy atom. The molecule has 0 atom stereocenters. The zero-order valence-electron chi connectivity index (χ0n) is 11.4. The Morgan fingerprint density at radius 3 is 2.84 bits per heavy atom. The van der Waals surface area contributed by atoms with Crippen LogP contribution in [0, 0.1) is 19.3 Å². The lowest BCUT2D eigenvalue weighted by atomic mass is 9.82. The van der Waals surface area contributed by atoms with E-state index >= 15 is 0 Å². The van der Waals surface area contributed by atoms with Crippen molar-refractivity contribution in [1.29, 1.82) is 0 Å². The molecule has 0 aliphatic heterocycles. The minimum Gasteiger partial charge on any atom is -0.340 e. The van der Waals surface area contributed by atoms with E-state index < -0.39 is 5.54 Å². The summed E-state index contributed by atoms with van der Waals surface area (Å²) in [6.45, 7) is 1.98. The Bertz CT molecular complexity index is 481. The van der Waals surface area contributed by atoms with Crippen molar-refractivity contribution >= 4 is 17.2 Å². The fourth-order valence-electron chi connectivity index (χ4n) is 2.58. The third-order valence-corrected chi connectivity index (χ3v) is 4.78. The topological polar surface area (TPSA) is 42.0 Å². The molecule has 19 heavy (non-hydrogen) atoms. The van der Waals surface area contributed by atoms with E-state index in [0.717, 1.165) is 37.8 Å². The second-order valence-electron chi connectivity index (χ2n) is 5.20. The maximum Gasteiger partial charge on any atom is 0.221 e. The third-order valence-electron chi connectivity index (χ3n) is 3.79. The summed E-state index contributed by atoms with van der Waals surface area (Å²) in [4.78, 5) is 17.4. The minimum absolute atomic E-state index is 0.0626. The van der Waals surface area contributed by atoms with Crippen LogP contribution in [-0.4, -0.2) is 16.4 Å². The van der Waals surface area contributed by atoms with Crippen molar-refractivity contribution < 1.29 is 4.79 Å². The Hall–Kier alpha value is -1.34. The van der Waals surface area contributed by atoms with Crippen molar-refractivity contribution in [2.24, 2.45) is 0 Å². The average Bonchev–Trinajstić information content (AvgIpc) is 2.83. The fraction of sp³-hybridized carbons (Fsp3) is 0.600. The number of rotatable bonds is 4. The predicted octanol–water partition coefficient (Wildman–Crippen LogP) is 2.84. The summed E-state index contributed by atoms with van der Waals surface area (Å²) in [5.74, 6) is 2.87. The van der Waals surface area contributed by atoms with Crippen molar-refractivity contribution in [1.82, 2.24) is 10.3 Å². The quantitative estimate of drug-likeness (QED) is 0.859. The Balaban J connectivity index is 1.87. The number of terminal acetylenes is 1. The van der Waals surface area contributed by atoms with Gasteiger partial charge >= 0.3 is 0 Å². The van der Waals surface area contributed by atoms with Gasteiger partial charge in [0.05, 0.1) is 11.2 Å². The average molecular weight is 276 g/mol. The highest BCUT2D eigenvalue weighted by molar-refractivity contribution is 7.09. The van der Waals surface area contributed by atoms with Gasteiger partial charge in [0.25, 0.3) is 0 Å². The first-order valence-corrected chi connectivity index (χ1v) is 7.71. The SMILES string of the molecule is C#CC1(NC(=O)CCc2scnc2C)CCCCC1. The number of carbonyl (C=O) groups excluding carboxylic acids is 1. The van der Waals surface area contributed by atoms with Crippen LogP contribution < -0.4 is 5.32 Å². The standard InChI is InChI=1S/C15H20N2OS/c1-3-15(9-5-4-6-10-15)17-14(18)8-7-13-12(2)16-11-19-13/h1,11H,4-10H2,2H3,(H,17,18). The molecule has 1 aromatic heterocycles. The maximum absolute atomic E-state index is 12.1. The van der Waals surface area contributed by atoms with Crippen LogP contribution in [-0.2, 0) is 11.2 Å². The smallest absolute Gasteiger partial charge is 0.221 e. The van der Waals surface area contributed by atoms with E-state index in [1.807, 2.05) is 12.4 Å². The van der Waals surface area contributed by atoms with E-state index in [4.69, 9.17) is 6.42 Å². The van der Waals surface area contributed by atoms with Gasteiger partial charge in [-0.3, -0.25) is 4.79 Å². The van der Waals surface area contributed by atoms with Gasteiger partial charge in [0.15, 0.2) is 0 Å². The Labute approximate surface area is 118 Å². The van der Waals surface area contributed by atoms with Crippen molar-refractivity contribution in [3.63, 3.8) is 0 Å². The number of thiazole rings is 1. The summed E-state index contributed by atoms with van der Waals surface area (Å²) in [7, 11) is 0. The van der Waals surface area contributed by atoms with Gasteiger partial charge in [-0.1, -0.05) is 25.2 Å². The minimum atomic E-state index is -0.391. The normalized spacial score (nSPS) is 17.7. The molecule has 0 saturated heterocycles. The fourth-order valence-corrected chi connectivity index (χ4v) is 3.36. The molecule has 1 heterocycles. The van der Waals surface area contributed by atoms with E-state index in [1.54, 1.807) is 11.3 Å². The molecule has 1 aromatic rings. The number of nitrogens with one attached hydrogen (secondary N) is 1.